The van der Waals surface area contributed by atoms with Gasteiger partial charge in [0, 0.05) is 11.8 Å². The predicted molar refractivity (Wildman–Crippen MR) is 108 cm³/mol. The maximum Gasteiger partial charge on any atom is 0.240 e. The van der Waals surface area contributed by atoms with Crippen LogP contribution in [0.15, 0.2) is 48.5 Å². The van der Waals surface area contributed by atoms with E-state index < -0.39 is 17.9 Å². The molecule has 4 atom stereocenters. The van der Waals surface area contributed by atoms with E-state index in [4.69, 9.17) is 9.47 Å². The Morgan fingerprint density at radius 3 is 2.60 bits per heavy atom. The number of para-hydroxylation sites is 1. The summed E-state index contributed by atoms with van der Waals surface area (Å²) in [5.74, 6) is -0.996. The molecular formula is C23H18N2O5. The van der Waals surface area contributed by atoms with E-state index in [0.717, 1.165) is 11.3 Å². The van der Waals surface area contributed by atoms with E-state index in [1.54, 1.807) is 18.2 Å². The SMILES string of the molecule is CC(=O)[C@@H]1[C@@H]2C(=O)N(c3ccc4c(c3)OCO4)C(=O)[C@@H]2[C@H]2C=Cc3ccccc3N21. The first-order valence-electron chi connectivity index (χ1n) is 9.90. The van der Waals surface area contributed by atoms with Crippen molar-refractivity contribution in [1.29, 1.82) is 0 Å². The van der Waals surface area contributed by atoms with Crippen LogP contribution in [-0.2, 0) is 14.4 Å². The summed E-state index contributed by atoms with van der Waals surface area (Å²) in [6, 6.07) is 11.7. The zero-order chi connectivity index (χ0) is 20.6. The van der Waals surface area contributed by atoms with Crippen LogP contribution in [0, 0.1) is 11.8 Å². The van der Waals surface area contributed by atoms with Crippen molar-refractivity contribution in [2.75, 3.05) is 16.6 Å². The molecule has 4 aliphatic heterocycles. The molecule has 7 heteroatoms. The van der Waals surface area contributed by atoms with Crippen LogP contribution in [0.2, 0.25) is 0 Å². The molecule has 2 amide bonds. The number of ketones is 1. The minimum atomic E-state index is -0.721. The third-order valence-corrected chi connectivity index (χ3v) is 6.45. The Bertz CT molecular complexity index is 1160. The Morgan fingerprint density at radius 2 is 1.77 bits per heavy atom. The number of carbonyl (C=O) groups is 3. The van der Waals surface area contributed by atoms with Crippen molar-refractivity contribution in [1.82, 2.24) is 0 Å². The summed E-state index contributed by atoms with van der Waals surface area (Å²) in [5.41, 5.74) is 2.31. The summed E-state index contributed by atoms with van der Waals surface area (Å²) < 4.78 is 10.7. The molecule has 0 spiro atoms. The fourth-order valence-corrected chi connectivity index (χ4v) is 5.25. The van der Waals surface area contributed by atoms with Gasteiger partial charge in [-0.2, -0.15) is 0 Å². The Kier molecular flexibility index (Phi) is 3.42. The fraction of sp³-hybridized carbons (Fsp3) is 0.261. The number of nitrogens with zero attached hydrogens (tertiary/aromatic N) is 2. The number of fused-ring (bicyclic) bond motifs is 6. The van der Waals surface area contributed by atoms with Crippen LogP contribution < -0.4 is 19.3 Å². The second-order valence-corrected chi connectivity index (χ2v) is 7.97. The van der Waals surface area contributed by atoms with Crippen LogP contribution in [0.5, 0.6) is 11.5 Å². The van der Waals surface area contributed by atoms with Crippen molar-refractivity contribution < 1.29 is 23.9 Å². The van der Waals surface area contributed by atoms with Crippen molar-refractivity contribution >= 4 is 35.0 Å². The zero-order valence-electron chi connectivity index (χ0n) is 16.1. The van der Waals surface area contributed by atoms with Gasteiger partial charge in [-0.05, 0) is 30.7 Å². The monoisotopic (exact) mass is 402 g/mol. The molecule has 0 aliphatic carbocycles. The number of amides is 2. The van der Waals surface area contributed by atoms with Gasteiger partial charge in [-0.3, -0.25) is 14.4 Å². The highest BCUT2D eigenvalue weighted by molar-refractivity contribution is 6.25. The van der Waals surface area contributed by atoms with Crippen LogP contribution in [0.4, 0.5) is 11.4 Å². The molecule has 2 fully saturated rings. The number of benzene rings is 2. The first kappa shape index (κ1) is 17.3. The fourth-order valence-electron chi connectivity index (χ4n) is 5.25. The number of hydrogen-bond donors (Lipinski definition) is 0. The van der Waals surface area contributed by atoms with Crippen LogP contribution >= 0.6 is 0 Å². The molecule has 7 nitrogen and oxygen atoms in total. The summed E-state index contributed by atoms with van der Waals surface area (Å²) in [6.45, 7) is 1.60. The molecule has 0 N–H and O–H groups in total. The second kappa shape index (κ2) is 5.95. The topological polar surface area (TPSA) is 76.1 Å². The lowest BCUT2D eigenvalue weighted by Gasteiger charge is -2.36. The van der Waals surface area contributed by atoms with E-state index in [-0.39, 0.29) is 30.4 Å². The molecule has 0 bridgehead atoms. The smallest absolute Gasteiger partial charge is 0.240 e. The molecule has 2 saturated heterocycles. The first-order valence-corrected chi connectivity index (χ1v) is 9.90. The number of Topliss-reactive ketones (excluding diaryl/α,β-unsaturated/α-hetero) is 1. The van der Waals surface area contributed by atoms with Gasteiger partial charge in [0.1, 0.15) is 6.04 Å². The highest BCUT2D eigenvalue weighted by atomic mass is 16.7. The molecule has 0 saturated carbocycles. The minimum Gasteiger partial charge on any atom is -0.454 e. The number of ether oxygens (including phenoxy) is 2. The lowest BCUT2D eigenvalue weighted by molar-refractivity contribution is -0.126. The Hall–Kier alpha value is -3.61. The molecule has 0 unspecified atom stereocenters. The number of imide groups is 1. The van der Waals surface area contributed by atoms with Crippen molar-refractivity contribution in [3.05, 3.63) is 54.1 Å². The van der Waals surface area contributed by atoms with E-state index in [2.05, 4.69) is 0 Å². The molecule has 6 rings (SSSR count). The van der Waals surface area contributed by atoms with Crippen molar-refractivity contribution in [3.8, 4) is 11.5 Å². The molecule has 0 aromatic heterocycles. The number of rotatable bonds is 2. The quantitative estimate of drug-likeness (QED) is 0.718. The third-order valence-electron chi connectivity index (χ3n) is 6.45. The average Bonchev–Trinajstić information content (AvgIpc) is 3.41. The number of hydrogen-bond acceptors (Lipinski definition) is 6. The molecule has 150 valence electrons. The highest BCUT2D eigenvalue weighted by Gasteiger charge is 2.63. The lowest BCUT2D eigenvalue weighted by Crippen LogP contribution is -2.48. The summed E-state index contributed by atoms with van der Waals surface area (Å²) in [4.78, 5) is 42.9. The molecule has 2 aromatic rings. The van der Waals surface area contributed by atoms with Crippen molar-refractivity contribution in [3.63, 3.8) is 0 Å². The van der Waals surface area contributed by atoms with E-state index in [1.165, 1.54) is 11.8 Å². The Morgan fingerprint density at radius 1 is 1.00 bits per heavy atom. The zero-order valence-corrected chi connectivity index (χ0v) is 16.1. The minimum absolute atomic E-state index is 0.111. The normalized spacial score (nSPS) is 27.9. The van der Waals surface area contributed by atoms with Gasteiger partial charge in [0.25, 0.3) is 0 Å². The van der Waals surface area contributed by atoms with Crippen LogP contribution in [0.1, 0.15) is 12.5 Å². The molecule has 0 radical (unpaired) electrons. The summed E-state index contributed by atoms with van der Waals surface area (Å²) >= 11 is 0. The summed E-state index contributed by atoms with van der Waals surface area (Å²) in [7, 11) is 0. The van der Waals surface area contributed by atoms with Gasteiger partial charge in [-0.15, -0.1) is 0 Å². The largest absolute Gasteiger partial charge is 0.454 e. The van der Waals surface area contributed by atoms with E-state index in [1.807, 2.05) is 41.3 Å². The molecule has 4 aliphatic rings. The summed E-state index contributed by atoms with van der Waals surface area (Å²) in [5, 5.41) is 0. The van der Waals surface area contributed by atoms with Gasteiger partial charge >= 0.3 is 0 Å². The van der Waals surface area contributed by atoms with Crippen LogP contribution in [0.3, 0.4) is 0 Å². The van der Waals surface area contributed by atoms with E-state index >= 15 is 0 Å². The third kappa shape index (κ3) is 2.12. The molecular weight excluding hydrogens is 384 g/mol. The maximum absolute atomic E-state index is 13.5. The predicted octanol–water partition coefficient (Wildman–Crippen LogP) is 2.39. The van der Waals surface area contributed by atoms with Crippen molar-refractivity contribution in [2.24, 2.45) is 11.8 Å². The molecule has 4 heterocycles. The molecule has 2 aromatic carbocycles. The van der Waals surface area contributed by atoms with E-state index in [9.17, 15) is 14.4 Å². The standard InChI is InChI=1S/C23H18N2O5/c1-12(26)21-20-19(16-8-6-13-4-2-3-5-15(13)25(16)21)22(27)24(23(20)28)14-7-9-17-18(10-14)30-11-29-17/h2-10,16,19-21H,11H2,1H3/t16-,19-,20-,21-/m1/s1. The van der Waals surface area contributed by atoms with Gasteiger partial charge in [0.2, 0.25) is 18.6 Å². The van der Waals surface area contributed by atoms with Crippen LogP contribution in [-0.4, -0.2) is 36.5 Å². The van der Waals surface area contributed by atoms with E-state index in [0.29, 0.717) is 17.2 Å². The maximum atomic E-state index is 13.5. The van der Waals surface area contributed by atoms with Crippen molar-refractivity contribution in [2.45, 2.75) is 19.0 Å². The number of carbonyl (C=O) groups excluding carboxylic acids is 3. The van der Waals surface area contributed by atoms with Gasteiger partial charge in [0.15, 0.2) is 17.3 Å². The Balaban J connectivity index is 1.45. The second-order valence-electron chi connectivity index (χ2n) is 7.97. The highest BCUT2D eigenvalue weighted by Crippen LogP contribution is 2.49. The van der Waals surface area contributed by atoms with Gasteiger partial charge < -0.3 is 14.4 Å². The van der Waals surface area contributed by atoms with Gasteiger partial charge in [-0.25, -0.2) is 4.90 Å². The Labute approximate surface area is 172 Å². The van der Waals surface area contributed by atoms with Crippen LogP contribution in [0.25, 0.3) is 6.08 Å². The lowest BCUT2D eigenvalue weighted by atomic mass is 9.88. The van der Waals surface area contributed by atoms with Gasteiger partial charge in [0.05, 0.1) is 23.6 Å². The summed E-state index contributed by atoms with van der Waals surface area (Å²) in [6.07, 6.45) is 3.91. The molecule has 30 heavy (non-hydrogen) atoms. The number of anilines is 2. The average molecular weight is 402 g/mol. The first-order chi connectivity index (χ1) is 14.6. The van der Waals surface area contributed by atoms with Gasteiger partial charge in [-0.1, -0.05) is 30.4 Å².